The molecule has 1 saturated heterocycles. The van der Waals surface area contributed by atoms with Crippen LogP contribution in [0.2, 0.25) is 0 Å². The van der Waals surface area contributed by atoms with E-state index in [4.69, 9.17) is 4.74 Å². The van der Waals surface area contributed by atoms with Gasteiger partial charge in [0, 0.05) is 19.2 Å². The molecule has 1 aliphatic rings. The van der Waals surface area contributed by atoms with E-state index in [1.807, 2.05) is 36.1 Å². The Morgan fingerprint density at radius 2 is 2.00 bits per heavy atom. The van der Waals surface area contributed by atoms with E-state index in [2.05, 4.69) is 23.2 Å². The first-order valence-electron chi connectivity index (χ1n) is 8.93. The van der Waals surface area contributed by atoms with Crippen molar-refractivity contribution >= 4 is 27.5 Å². The number of aryl methyl sites for hydroxylation is 1. The highest BCUT2D eigenvalue weighted by atomic mass is 32.1. The molecule has 0 radical (unpaired) electrons. The van der Waals surface area contributed by atoms with Gasteiger partial charge in [-0.05, 0) is 55.2 Å². The van der Waals surface area contributed by atoms with Gasteiger partial charge in [0.25, 0.3) is 5.91 Å². The molecular formula is C21H22N2O2S. The highest BCUT2D eigenvalue weighted by Crippen LogP contribution is 2.28. The highest BCUT2D eigenvalue weighted by molar-refractivity contribution is 7.18. The van der Waals surface area contributed by atoms with Crippen LogP contribution in [-0.2, 0) is 4.74 Å². The third kappa shape index (κ3) is 3.24. The van der Waals surface area contributed by atoms with E-state index in [0.717, 1.165) is 46.6 Å². The monoisotopic (exact) mass is 366 g/mol. The summed E-state index contributed by atoms with van der Waals surface area (Å²) in [4.78, 5) is 19.3. The first-order chi connectivity index (χ1) is 12.7. The molecule has 26 heavy (non-hydrogen) atoms. The zero-order valence-corrected chi connectivity index (χ0v) is 15.9. The molecule has 134 valence electrons. The normalized spacial score (nSPS) is 17.2. The number of hydrogen-bond acceptors (Lipinski definition) is 4. The lowest BCUT2D eigenvalue weighted by atomic mass is 10.0. The Balaban J connectivity index is 1.56. The zero-order chi connectivity index (χ0) is 18.1. The van der Waals surface area contributed by atoms with Gasteiger partial charge in [-0.2, -0.15) is 0 Å². The molecule has 4 rings (SSSR count). The third-order valence-electron chi connectivity index (χ3n) is 4.96. The molecular weight excluding hydrogens is 344 g/mol. The Morgan fingerprint density at radius 3 is 2.77 bits per heavy atom. The van der Waals surface area contributed by atoms with Crippen molar-refractivity contribution in [2.24, 2.45) is 0 Å². The summed E-state index contributed by atoms with van der Waals surface area (Å²) in [5, 5.41) is 1.08. The molecule has 3 aromatic rings. The fourth-order valence-electron chi connectivity index (χ4n) is 3.66. The number of nitrogens with zero attached hydrogens (tertiary/aromatic N) is 2. The quantitative estimate of drug-likeness (QED) is 0.682. The largest absolute Gasteiger partial charge is 0.383 e. The molecule has 0 spiro atoms. The van der Waals surface area contributed by atoms with Crippen LogP contribution >= 0.6 is 11.3 Å². The molecule has 5 heteroatoms. The fraction of sp³-hybridized carbons (Fsp3) is 0.333. The summed E-state index contributed by atoms with van der Waals surface area (Å²) in [6, 6.07) is 14.4. The number of carbonyl (C=O) groups is 1. The number of fused-ring (bicyclic) bond motifs is 1. The number of hydrogen-bond donors (Lipinski definition) is 0. The number of carbonyl (C=O) groups excluding carboxylic acids is 1. The standard InChI is InChI=1S/C21H22N2O2S/c1-14-22-19-12-17(9-10-20(19)26-14)15-5-7-16(8-6-15)21(24)23-11-3-4-18(23)13-25-2/h5-10,12,18H,3-4,11,13H2,1-2H3/t18-/m0/s1. The number of rotatable bonds is 4. The SMILES string of the molecule is COC[C@@H]1CCCN1C(=O)c1ccc(-c2ccc3sc(C)nc3c2)cc1. The van der Waals surface area contributed by atoms with E-state index < -0.39 is 0 Å². The number of methoxy groups -OCH3 is 1. The maximum atomic E-state index is 12.8. The summed E-state index contributed by atoms with van der Waals surface area (Å²) in [6.07, 6.45) is 2.07. The minimum atomic E-state index is 0.0988. The lowest BCUT2D eigenvalue weighted by Gasteiger charge is -2.24. The number of benzene rings is 2. The van der Waals surface area contributed by atoms with Crippen LogP contribution in [0.5, 0.6) is 0 Å². The topological polar surface area (TPSA) is 42.4 Å². The fourth-order valence-corrected chi connectivity index (χ4v) is 4.47. The Hall–Kier alpha value is -2.24. The molecule has 1 amide bonds. The molecule has 1 fully saturated rings. The molecule has 0 unspecified atom stereocenters. The number of thiazole rings is 1. The second-order valence-corrected chi connectivity index (χ2v) is 7.98. The Morgan fingerprint density at radius 1 is 1.23 bits per heavy atom. The Kier molecular flexibility index (Phi) is 4.74. The van der Waals surface area contributed by atoms with Crippen LogP contribution in [0.3, 0.4) is 0 Å². The van der Waals surface area contributed by atoms with Gasteiger partial charge in [0.15, 0.2) is 0 Å². The Labute approximate surface area is 157 Å². The van der Waals surface area contributed by atoms with Crippen LogP contribution in [0.15, 0.2) is 42.5 Å². The summed E-state index contributed by atoms with van der Waals surface area (Å²) >= 11 is 1.71. The zero-order valence-electron chi connectivity index (χ0n) is 15.1. The number of amides is 1. The third-order valence-corrected chi connectivity index (χ3v) is 5.91. The van der Waals surface area contributed by atoms with Gasteiger partial charge in [0.05, 0.1) is 27.9 Å². The molecule has 0 N–H and O–H groups in total. The average molecular weight is 366 g/mol. The highest BCUT2D eigenvalue weighted by Gasteiger charge is 2.29. The smallest absolute Gasteiger partial charge is 0.254 e. The molecule has 2 heterocycles. The van der Waals surface area contributed by atoms with Crippen LogP contribution in [-0.4, -0.2) is 42.1 Å². The van der Waals surface area contributed by atoms with Crippen molar-refractivity contribution in [2.45, 2.75) is 25.8 Å². The molecule has 2 aromatic carbocycles. The summed E-state index contributed by atoms with van der Waals surface area (Å²) in [7, 11) is 1.69. The second kappa shape index (κ2) is 7.17. The van der Waals surface area contributed by atoms with E-state index in [0.29, 0.717) is 6.61 Å². The van der Waals surface area contributed by atoms with Crippen LogP contribution in [0.4, 0.5) is 0 Å². The van der Waals surface area contributed by atoms with Gasteiger partial charge in [-0.1, -0.05) is 18.2 Å². The minimum Gasteiger partial charge on any atom is -0.383 e. The van der Waals surface area contributed by atoms with E-state index in [9.17, 15) is 4.79 Å². The molecule has 0 bridgehead atoms. The lowest BCUT2D eigenvalue weighted by molar-refractivity contribution is 0.0630. The van der Waals surface area contributed by atoms with E-state index in [-0.39, 0.29) is 11.9 Å². The van der Waals surface area contributed by atoms with E-state index in [1.165, 1.54) is 4.70 Å². The van der Waals surface area contributed by atoms with Gasteiger partial charge in [-0.15, -0.1) is 11.3 Å². The van der Waals surface area contributed by atoms with Crippen LogP contribution < -0.4 is 0 Å². The molecule has 1 aromatic heterocycles. The number of aromatic nitrogens is 1. The van der Waals surface area contributed by atoms with Gasteiger partial charge in [-0.25, -0.2) is 4.98 Å². The summed E-state index contributed by atoms with van der Waals surface area (Å²) < 4.78 is 6.46. The van der Waals surface area contributed by atoms with E-state index >= 15 is 0 Å². The molecule has 1 aliphatic heterocycles. The Bertz CT molecular complexity index is 933. The second-order valence-electron chi connectivity index (χ2n) is 6.74. The summed E-state index contributed by atoms with van der Waals surface area (Å²) in [6.45, 7) is 3.45. The molecule has 0 saturated carbocycles. The molecule has 1 atom stereocenters. The van der Waals surface area contributed by atoms with Gasteiger partial charge in [-0.3, -0.25) is 4.79 Å². The number of likely N-dealkylation sites (tertiary alicyclic amines) is 1. The lowest BCUT2D eigenvalue weighted by Crippen LogP contribution is -2.38. The maximum absolute atomic E-state index is 12.8. The van der Waals surface area contributed by atoms with Crippen LogP contribution in [0.25, 0.3) is 21.3 Å². The van der Waals surface area contributed by atoms with Gasteiger partial charge in [0.2, 0.25) is 0 Å². The number of ether oxygens (including phenoxy) is 1. The first-order valence-corrected chi connectivity index (χ1v) is 9.75. The van der Waals surface area contributed by atoms with E-state index in [1.54, 1.807) is 18.4 Å². The molecule has 0 aliphatic carbocycles. The van der Waals surface area contributed by atoms with Crippen LogP contribution in [0, 0.1) is 6.92 Å². The van der Waals surface area contributed by atoms with Crippen molar-refractivity contribution in [1.82, 2.24) is 9.88 Å². The van der Waals surface area contributed by atoms with Crippen molar-refractivity contribution < 1.29 is 9.53 Å². The average Bonchev–Trinajstić information content (AvgIpc) is 3.26. The van der Waals surface area contributed by atoms with Crippen molar-refractivity contribution in [2.75, 3.05) is 20.3 Å². The van der Waals surface area contributed by atoms with Gasteiger partial charge < -0.3 is 9.64 Å². The first kappa shape index (κ1) is 17.2. The van der Waals surface area contributed by atoms with Crippen molar-refractivity contribution in [3.8, 4) is 11.1 Å². The predicted molar refractivity (Wildman–Crippen MR) is 106 cm³/mol. The predicted octanol–water partition coefficient (Wildman–Crippen LogP) is 4.52. The summed E-state index contributed by atoms with van der Waals surface area (Å²) in [5.74, 6) is 0.0988. The van der Waals surface area contributed by atoms with Crippen molar-refractivity contribution in [3.05, 3.63) is 53.0 Å². The maximum Gasteiger partial charge on any atom is 0.254 e. The minimum absolute atomic E-state index is 0.0988. The van der Waals surface area contributed by atoms with Crippen LogP contribution in [0.1, 0.15) is 28.2 Å². The summed E-state index contributed by atoms with van der Waals surface area (Å²) in [5.41, 5.74) is 4.00. The van der Waals surface area contributed by atoms with Gasteiger partial charge >= 0.3 is 0 Å². The van der Waals surface area contributed by atoms with Crippen molar-refractivity contribution in [1.29, 1.82) is 0 Å². The molecule has 4 nitrogen and oxygen atoms in total. The van der Waals surface area contributed by atoms with Crippen molar-refractivity contribution in [3.63, 3.8) is 0 Å². The van der Waals surface area contributed by atoms with Gasteiger partial charge in [0.1, 0.15) is 0 Å².